The van der Waals surface area contributed by atoms with Crippen molar-refractivity contribution in [3.8, 4) is 0 Å². The van der Waals surface area contributed by atoms with E-state index in [0.29, 0.717) is 24.5 Å². The van der Waals surface area contributed by atoms with Gasteiger partial charge in [-0.25, -0.2) is 9.37 Å². The number of aromatic amines is 1. The van der Waals surface area contributed by atoms with Gasteiger partial charge in [-0.3, -0.25) is 9.59 Å². The fraction of sp³-hybridized carbons (Fsp3) is 0.543. The van der Waals surface area contributed by atoms with Gasteiger partial charge in [0.2, 0.25) is 0 Å². The fourth-order valence-electron chi connectivity index (χ4n) is 8.77. The van der Waals surface area contributed by atoms with E-state index >= 15 is 0 Å². The van der Waals surface area contributed by atoms with Gasteiger partial charge in [-0.1, -0.05) is 45.5 Å². The Labute approximate surface area is 262 Å². The number of Topliss-reactive ketones (excluding diaryl/α,β-unsaturated/α-hetero) is 1. The number of ether oxygens (including phenoxy) is 1. The summed E-state index contributed by atoms with van der Waals surface area (Å²) in [6, 6.07) is 8.33. The van der Waals surface area contributed by atoms with Crippen LogP contribution in [-0.4, -0.2) is 44.8 Å². The van der Waals surface area contributed by atoms with Crippen molar-refractivity contribution in [2.75, 3.05) is 5.75 Å². The Morgan fingerprint density at radius 2 is 2.00 bits per heavy atom. The first-order valence-electron chi connectivity index (χ1n) is 15.7. The SMILES string of the molecule is C=C[C@]1(C)C[C@@H](OC(=O)CSc2nc3cc[n+](Cc4ccc(F)cc4)cc3[nH]2)[C@]2(C)[C@H](C)CC[C@]3(CCC(=O)[C@H]32)[C@@H](C)[C@@H]1O. The Kier molecular flexibility index (Phi) is 8.02. The van der Waals surface area contributed by atoms with Crippen LogP contribution in [0.5, 0.6) is 0 Å². The summed E-state index contributed by atoms with van der Waals surface area (Å²) in [6.07, 6.45) is 8.00. The van der Waals surface area contributed by atoms with Gasteiger partial charge in [0.05, 0.1) is 11.9 Å². The number of imidazole rings is 1. The average molecular weight is 621 g/mol. The average Bonchev–Trinajstić information content (AvgIpc) is 3.58. The van der Waals surface area contributed by atoms with Crippen molar-refractivity contribution in [3.05, 3.63) is 66.8 Å². The second-order valence-electron chi connectivity index (χ2n) is 13.9. The maximum Gasteiger partial charge on any atom is 0.316 e. The van der Waals surface area contributed by atoms with E-state index in [4.69, 9.17) is 4.74 Å². The number of benzene rings is 1. The molecule has 2 bridgehead atoms. The molecule has 1 aromatic carbocycles. The molecule has 0 unspecified atom stereocenters. The van der Waals surface area contributed by atoms with Crippen molar-refractivity contribution in [2.45, 2.75) is 83.7 Å². The number of hydrogen-bond acceptors (Lipinski definition) is 6. The highest BCUT2D eigenvalue weighted by Crippen LogP contribution is 2.68. The number of aromatic nitrogens is 3. The number of nitrogens with one attached hydrogen (secondary N) is 1. The van der Waals surface area contributed by atoms with E-state index in [1.54, 1.807) is 12.1 Å². The molecule has 44 heavy (non-hydrogen) atoms. The van der Waals surface area contributed by atoms with E-state index in [9.17, 15) is 19.1 Å². The van der Waals surface area contributed by atoms with Crippen molar-refractivity contribution in [1.29, 1.82) is 0 Å². The molecule has 0 saturated heterocycles. The first-order chi connectivity index (χ1) is 20.9. The van der Waals surface area contributed by atoms with Crippen molar-refractivity contribution in [2.24, 2.45) is 34.0 Å². The highest BCUT2D eigenvalue weighted by atomic mass is 32.2. The van der Waals surface area contributed by atoms with Crippen molar-refractivity contribution >= 4 is 34.5 Å². The minimum atomic E-state index is -0.691. The fourth-order valence-corrected chi connectivity index (χ4v) is 9.43. The number of pyridine rings is 1. The van der Waals surface area contributed by atoms with Crippen LogP contribution in [0.25, 0.3) is 11.0 Å². The molecule has 3 aliphatic rings. The van der Waals surface area contributed by atoms with Crippen LogP contribution in [-0.2, 0) is 20.9 Å². The molecule has 2 heterocycles. The van der Waals surface area contributed by atoms with Gasteiger partial charge in [0.15, 0.2) is 24.1 Å². The Balaban J connectivity index is 1.21. The summed E-state index contributed by atoms with van der Waals surface area (Å²) in [5, 5.41) is 12.3. The van der Waals surface area contributed by atoms with Crippen molar-refractivity contribution in [3.63, 3.8) is 0 Å². The zero-order valence-electron chi connectivity index (χ0n) is 26.0. The summed E-state index contributed by atoms with van der Waals surface area (Å²) in [6.45, 7) is 13.1. The Morgan fingerprint density at radius 1 is 1.25 bits per heavy atom. The molecule has 3 fully saturated rings. The van der Waals surface area contributed by atoms with Crippen molar-refractivity contribution < 1.29 is 28.4 Å². The molecule has 3 saturated carbocycles. The smallest absolute Gasteiger partial charge is 0.316 e. The molecule has 3 aliphatic carbocycles. The zero-order valence-corrected chi connectivity index (χ0v) is 26.8. The lowest BCUT2D eigenvalue weighted by molar-refractivity contribution is -0.687. The lowest BCUT2D eigenvalue weighted by atomic mass is 9.44. The summed E-state index contributed by atoms with van der Waals surface area (Å²) >= 11 is 1.28. The van der Waals surface area contributed by atoms with E-state index in [1.807, 2.05) is 36.0 Å². The zero-order chi connectivity index (χ0) is 31.4. The molecule has 0 aliphatic heterocycles. The van der Waals surface area contributed by atoms with Gasteiger partial charge in [-0.05, 0) is 67.2 Å². The highest BCUT2D eigenvalue weighted by Gasteiger charge is 2.68. The molecular weight excluding hydrogens is 577 g/mol. The number of thioether (sulfide) groups is 1. The van der Waals surface area contributed by atoms with Gasteiger partial charge in [0, 0.05) is 34.8 Å². The second kappa shape index (κ2) is 11.4. The van der Waals surface area contributed by atoms with Crippen LogP contribution >= 0.6 is 11.8 Å². The molecule has 6 rings (SSSR count). The van der Waals surface area contributed by atoms with Crippen LogP contribution in [0.1, 0.15) is 65.4 Å². The topological polar surface area (TPSA) is 96.2 Å². The van der Waals surface area contributed by atoms with E-state index in [0.717, 1.165) is 35.9 Å². The first-order valence-corrected chi connectivity index (χ1v) is 16.7. The number of esters is 1. The number of carbonyl (C=O) groups is 2. The predicted octanol–water partition coefficient (Wildman–Crippen LogP) is 6.04. The molecule has 9 heteroatoms. The molecule has 3 aromatic rings. The molecule has 0 amide bonds. The highest BCUT2D eigenvalue weighted by molar-refractivity contribution is 7.99. The summed E-state index contributed by atoms with van der Waals surface area (Å²) < 4.78 is 21.6. The Hall–Kier alpha value is -3.04. The van der Waals surface area contributed by atoms with Gasteiger partial charge in [0.1, 0.15) is 28.7 Å². The normalized spacial score (nSPS) is 35.1. The van der Waals surface area contributed by atoms with Gasteiger partial charge in [-0.2, -0.15) is 4.57 Å². The van der Waals surface area contributed by atoms with E-state index < -0.39 is 23.0 Å². The third-order valence-corrected chi connectivity index (χ3v) is 12.5. The number of aliphatic hydroxyl groups is 1. The largest absolute Gasteiger partial charge is 0.461 e. The first kappa shape index (κ1) is 31.0. The lowest BCUT2D eigenvalue weighted by Gasteiger charge is -2.61. The number of aliphatic hydroxyl groups excluding tert-OH is 1. The molecule has 2 aromatic heterocycles. The number of fused-ring (bicyclic) bond motifs is 1. The minimum absolute atomic E-state index is 0.0594. The quantitative estimate of drug-likeness (QED) is 0.145. The third kappa shape index (κ3) is 5.10. The van der Waals surface area contributed by atoms with Gasteiger partial charge >= 0.3 is 5.97 Å². The molecule has 2 N–H and O–H groups in total. The van der Waals surface area contributed by atoms with Crippen LogP contribution in [0.2, 0.25) is 0 Å². The van der Waals surface area contributed by atoms with E-state index in [-0.39, 0.29) is 46.5 Å². The molecule has 8 atom stereocenters. The molecular formula is C35H43FN3O4S+. The maximum atomic E-state index is 13.6. The van der Waals surface area contributed by atoms with E-state index in [1.165, 1.54) is 23.9 Å². The third-order valence-electron chi connectivity index (χ3n) is 11.6. The molecule has 0 radical (unpaired) electrons. The van der Waals surface area contributed by atoms with Gasteiger partial charge < -0.3 is 14.8 Å². The number of H-pyrrole nitrogens is 1. The van der Waals surface area contributed by atoms with Crippen LogP contribution in [0.3, 0.4) is 0 Å². The van der Waals surface area contributed by atoms with E-state index in [2.05, 4.69) is 37.3 Å². The van der Waals surface area contributed by atoms with Crippen LogP contribution in [0, 0.1) is 39.8 Å². The van der Waals surface area contributed by atoms with Crippen LogP contribution in [0.15, 0.2) is 60.5 Å². The lowest BCUT2D eigenvalue weighted by Crippen LogP contribution is -2.63. The second-order valence-corrected chi connectivity index (χ2v) is 14.9. The van der Waals surface area contributed by atoms with Crippen molar-refractivity contribution in [1.82, 2.24) is 9.97 Å². The maximum absolute atomic E-state index is 13.6. The molecule has 234 valence electrons. The number of rotatable bonds is 7. The van der Waals surface area contributed by atoms with Gasteiger partial charge in [-0.15, -0.1) is 6.58 Å². The Morgan fingerprint density at radius 3 is 2.73 bits per heavy atom. The summed E-state index contributed by atoms with van der Waals surface area (Å²) in [7, 11) is 0. The number of nitrogens with zero attached hydrogens (tertiary/aromatic N) is 2. The monoisotopic (exact) mass is 620 g/mol. The number of ketones is 1. The summed E-state index contributed by atoms with van der Waals surface area (Å²) in [5.41, 5.74) is 1.08. The number of carbonyl (C=O) groups excluding carboxylic acids is 2. The molecule has 0 spiro atoms. The number of hydrogen-bond donors (Lipinski definition) is 2. The van der Waals surface area contributed by atoms with Crippen LogP contribution in [0.4, 0.5) is 4.39 Å². The number of halogens is 1. The summed E-state index contributed by atoms with van der Waals surface area (Å²) in [5.74, 6) is -0.456. The Bertz CT molecular complexity index is 1590. The van der Waals surface area contributed by atoms with Crippen LogP contribution < -0.4 is 4.57 Å². The standard InChI is InChI=1S/C35H42FN3O4S/c1-6-33(4)17-28(34(5)21(2)11-14-35(22(3)31(33)42)15-12-27(40)30(34)35)43-29(41)20-44-32-37-25-13-16-39(19-26(25)38-32)18-23-7-9-24(36)10-8-23/h6-10,13,16,19,21-22,28,30-31,42H,1,11-12,14-15,17-18,20H2,2-5H3/p+1/t21-,22+,28-,30+,31+,33-,34+,35+/m1/s1. The minimum Gasteiger partial charge on any atom is -0.461 e. The molecule has 7 nitrogen and oxygen atoms in total. The summed E-state index contributed by atoms with van der Waals surface area (Å²) in [4.78, 5) is 35.1. The predicted molar refractivity (Wildman–Crippen MR) is 167 cm³/mol. The van der Waals surface area contributed by atoms with Gasteiger partial charge in [0.25, 0.3) is 0 Å².